The molecule has 2 aromatic rings. The van der Waals surface area contributed by atoms with E-state index < -0.39 is 0 Å². The first-order chi connectivity index (χ1) is 9.28. The summed E-state index contributed by atoms with van der Waals surface area (Å²) in [5, 5.41) is 0. The van der Waals surface area contributed by atoms with Crippen molar-refractivity contribution < 1.29 is 9.47 Å². The molecule has 0 N–H and O–H groups in total. The number of hydrogen-bond donors (Lipinski definition) is 0. The van der Waals surface area contributed by atoms with E-state index in [4.69, 9.17) is 9.47 Å². The Balaban J connectivity index is 2.44. The molecule has 0 bridgehead atoms. The van der Waals surface area contributed by atoms with E-state index in [1.54, 1.807) is 14.2 Å². The summed E-state index contributed by atoms with van der Waals surface area (Å²) < 4.78 is 10.6. The van der Waals surface area contributed by atoms with E-state index in [0.29, 0.717) is 6.61 Å². The summed E-state index contributed by atoms with van der Waals surface area (Å²) in [5.41, 5.74) is 4.44. The number of hydrogen-bond acceptors (Lipinski definition) is 2. The van der Waals surface area contributed by atoms with Crippen LogP contribution in [0.5, 0.6) is 5.75 Å². The van der Waals surface area contributed by atoms with Crippen LogP contribution in [0.4, 0.5) is 0 Å². The third kappa shape index (κ3) is 3.04. The second-order valence-electron chi connectivity index (χ2n) is 4.29. The molecule has 19 heavy (non-hydrogen) atoms. The van der Waals surface area contributed by atoms with Gasteiger partial charge in [0.05, 0.1) is 13.7 Å². The molecule has 0 aliphatic rings. The van der Waals surface area contributed by atoms with Crippen LogP contribution >= 0.6 is 0 Å². The minimum atomic E-state index is 0.599. The molecule has 98 valence electrons. The highest BCUT2D eigenvalue weighted by Crippen LogP contribution is 2.31. The van der Waals surface area contributed by atoms with Crippen molar-refractivity contribution in [1.29, 1.82) is 0 Å². The van der Waals surface area contributed by atoms with Crippen LogP contribution < -0.4 is 4.74 Å². The maximum absolute atomic E-state index is 5.43. The van der Waals surface area contributed by atoms with Crippen LogP contribution in [0.25, 0.3) is 17.2 Å². The van der Waals surface area contributed by atoms with Crippen molar-refractivity contribution in [3.63, 3.8) is 0 Å². The monoisotopic (exact) mass is 254 g/mol. The third-order valence-corrected chi connectivity index (χ3v) is 3.03. The van der Waals surface area contributed by atoms with Gasteiger partial charge in [-0.2, -0.15) is 0 Å². The SMILES string of the molecule is C=Cc1ccc(-c2cc(COC)ccc2OC)cc1. The Morgan fingerprint density at radius 1 is 1.05 bits per heavy atom. The van der Waals surface area contributed by atoms with Gasteiger partial charge in [0.25, 0.3) is 0 Å². The zero-order valence-corrected chi connectivity index (χ0v) is 11.3. The van der Waals surface area contributed by atoms with Crippen molar-refractivity contribution in [2.45, 2.75) is 6.61 Å². The summed E-state index contributed by atoms with van der Waals surface area (Å²) in [6, 6.07) is 14.3. The van der Waals surface area contributed by atoms with E-state index in [2.05, 4.69) is 24.8 Å². The molecule has 0 saturated carbocycles. The zero-order valence-electron chi connectivity index (χ0n) is 11.3. The van der Waals surface area contributed by atoms with Gasteiger partial charge in [0.1, 0.15) is 5.75 Å². The highest BCUT2D eigenvalue weighted by atomic mass is 16.5. The second kappa shape index (κ2) is 6.21. The molecule has 2 nitrogen and oxygen atoms in total. The van der Waals surface area contributed by atoms with Crippen molar-refractivity contribution in [2.75, 3.05) is 14.2 Å². The van der Waals surface area contributed by atoms with Crippen LogP contribution in [0.1, 0.15) is 11.1 Å². The van der Waals surface area contributed by atoms with E-state index in [0.717, 1.165) is 28.0 Å². The lowest BCUT2D eigenvalue weighted by atomic mass is 10.0. The fourth-order valence-electron chi connectivity index (χ4n) is 2.04. The molecule has 0 unspecified atom stereocenters. The lowest BCUT2D eigenvalue weighted by molar-refractivity contribution is 0.185. The molecule has 0 heterocycles. The van der Waals surface area contributed by atoms with Gasteiger partial charge in [0.15, 0.2) is 0 Å². The lowest BCUT2D eigenvalue weighted by Gasteiger charge is -2.11. The minimum absolute atomic E-state index is 0.599. The average Bonchev–Trinajstić information content (AvgIpc) is 2.47. The fourth-order valence-corrected chi connectivity index (χ4v) is 2.04. The van der Waals surface area contributed by atoms with Crippen molar-refractivity contribution in [3.05, 3.63) is 60.2 Å². The van der Waals surface area contributed by atoms with Gasteiger partial charge in [0, 0.05) is 12.7 Å². The third-order valence-electron chi connectivity index (χ3n) is 3.03. The van der Waals surface area contributed by atoms with Gasteiger partial charge in [-0.05, 0) is 28.8 Å². The number of methoxy groups -OCH3 is 2. The standard InChI is InChI=1S/C17H18O2/c1-4-13-5-8-15(9-6-13)16-11-14(12-18-2)7-10-17(16)19-3/h4-11H,1,12H2,2-3H3. The molecule has 2 heteroatoms. The van der Waals surface area contributed by atoms with Crippen LogP contribution in [-0.2, 0) is 11.3 Å². The van der Waals surface area contributed by atoms with Crippen LogP contribution in [-0.4, -0.2) is 14.2 Å². The molecule has 0 amide bonds. The quantitative estimate of drug-likeness (QED) is 0.798. The average molecular weight is 254 g/mol. The van der Waals surface area contributed by atoms with Gasteiger partial charge in [-0.15, -0.1) is 0 Å². The highest BCUT2D eigenvalue weighted by molar-refractivity contribution is 5.72. The molecule has 0 aromatic heterocycles. The predicted molar refractivity (Wildman–Crippen MR) is 79.2 cm³/mol. The summed E-state index contributed by atoms with van der Waals surface area (Å²) in [5.74, 6) is 0.867. The van der Waals surface area contributed by atoms with Gasteiger partial charge < -0.3 is 9.47 Å². The van der Waals surface area contributed by atoms with E-state index >= 15 is 0 Å². The molecule has 0 spiro atoms. The first-order valence-electron chi connectivity index (χ1n) is 6.17. The van der Waals surface area contributed by atoms with Gasteiger partial charge in [0.2, 0.25) is 0 Å². The van der Waals surface area contributed by atoms with Crippen LogP contribution in [0.15, 0.2) is 49.0 Å². The summed E-state index contributed by atoms with van der Waals surface area (Å²) in [6.45, 7) is 4.36. The highest BCUT2D eigenvalue weighted by Gasteiger charge is 2.07. The van der Waals surface area contributed by atoms with Crippen LogP contribution in [0.3, 0.4) is 0 Å². The van der Waals surface area contributed by atoms with Crippen LogP contribution in [0, 0.1) is 0 Å². The van der Waals surface area contributed by atoms with Crippen LogP contribution in [0.2, 0.25) is 0 Å². The second-order valence-corrected chi connectivity index (χ2v) is 4.29. The van der Waals surface area contributed by atoms with Gasteiger partial charge in [-0.25, -0.2) is 0 Å². The maximum Gasteiger partial charge on any atom is 0.126 e. The first kappa shape index (κ1) is 13.4. The zero-order chi connectivity index (χ0) is 13.7. The smallest absolute Gasteiger partial charge is 0.126 e. The van der Waals surface area contributed by atoms with Crippen molar-refractivity contribution in [1.82, 2.24) is 0 Å². The number of rotatable bonds is 5. The van der Waals surface area contributed by atoms with E-state index in [9.17, 15) is 0 Å². The Morgan fingerprint density at radius 2 is 1.79 bits per heavy atom. The fraction of sp³-hybridized carbons (Fsp3) is 0.176. The Bertz CT molecular complexity index is 556. The van der Waals surface area contributed by atoms with Gasteiger partial charge in [-0.1, -0.05) is 43.0 Å². The van der Waals surface area contributed by atoms with E-state index in [1.165, 1.54) is 0 Å². The molecule has 2 rings (SSSR count). The normalized spacial score (nSPS) is 10.2. The van der Waals surface area contributed by atoms with E-state index in [-0.39, 0.29) is 0 Å². The van der Waals surface area contributed by atoms with Gasteiger partial charge >= 0.3 is 0 Å². The van der Waals surface area contributed by atoms with Crippen molar-refractivity contribution in [3.8, 4) is 16.9 Å². The van der Waals surface area contributed by atoms with E-state index in [1.807, 2.05) is 30.3 Å². The Morgan fingerprint density at radius 3 is 2.37 bits per heavy atom. The maximum atomic E-state index is 5.43. The molecule has 2 aromatic carbocycles. The minimum Gasteiger partial charge on any atom is -0.496 e. The molecule has 0 radical (unpaired) electrons. The summed E-state index contributed by atoms with van der Waals surface area (Å²) in [7, 11) is 3.38. The Labute approximate surface area is 114 Å². The first-order valence-corrected chi connectivity index (χ1v) is 6.17. The van der Waals surface area contributed by atoms with Crippen molar-refractivity contribution in [2.24, 2.45) is 0 Å². The lowest BCUT2D eigenvalue weighted by Crippen LogP contribution is -1.92. The molecule has 0 fully saturated rings. The topological polar surface area (TPSA) is 18.5 Å². The molecule has 0 saturated heterocycles. The number of benzene rings is 2. The Hall–Kier alpha value is -2.06. The van der Waals surface area contributed by atoms with Gasteiger partial charge in [-0.3, -0.25) is 0 Å². The number of ether oxygens (including phenoxy) is 2. The molecule has 0 atom stereocenters. The summed E-state index contributed by atoms with van der Waals surface area (Å²) >= 11 is 0. The molecular formula is C17H18O2. The largest absolute Gasteiger partial charge is 0.496 e. The predicted octanol–water partition coefficient (Wildman–Crippen LogP) is 4.15. The Kier molecular flexibility index (Phi) is 4.37. The summed E-state index contributed by atoms with van der Waals surface area (Å²) in [4.78, 5) is 0. The molecule has 0 aliphatic carbocycles. The molecular weight excluding hydrogens is 236 g/mol. The molecule has 0 aliphatic heterocycles. The van der Waals surface area contributed by atoms with Crippen molar-refractivity contribution >= 4 is 6.08 Å². The summed E-state index contributed by atoms with van der Waals surface area (Å²) in [6.07, 6.45) is 1.84.